The van der Waals surface area contributed by atoms with Crippen molar-refractivity contribution in [2.45, 2.75) is 77.5 Å². The van der Waals surface area contributed by atoms with Crippen molar-refractivity contribution < 1.29 is 59.2 Å². The molecule has 0 fully saturated rings. The summed E-state index contributed by atoms with van der Waals surface area (Å²) in [5, 5.41) is 44.7. The van der Waals surface area contributed by atoms with E-state index in [4.69, 9.17) is 0 Å². The first-order chi connectivity index (χ1) is 20.7. The van der Waals surface area contributed by atoms with Crippen LogP contribution in [0.5, 0.6) is 0 Å². The molecule has 228 valence electrons. The molecule has 0 amide bonds. The molecule has 0 saturated heterocycles. The van der Waals surface area contributed by atoms with Gasteiger partial charge in [0.15, 0.2) is 0 Å². The molecule has 1 heterocycles. The summed E-state index contributed by atoms with van der Waals surface area (Å²) in [5.41, 5.74) is 7.78. The van der Waals surface area contributed by atoms with Crippen molar-refractivity contribution in [3.05, 3.63) is 107 Å². The quantitative estimate of drug-likeness (QED) is 0.152. The predicted octanol–water partition coefficient (Wildman–Crippen LogP) is 1.51. The largest absolute Gasteiger partial charge is 1.00 e. The number of benzene rings is 3. The van der Waals surface area contributed by atoms with Crippen molar-refractivity contribution in [1.29, 1.82) is 0 Å². The molecule has 4 aromatic rings. The second-order valence-electron chi connectivity index (χ2n) is 11.2. The van der Waals surface area contributed by atoms with Crippen LogP contribution < -0.4 is 40.0 Å². The van der Waals surface area contributed by atoms with Crippen molar-refractivity contribution in [3.8, 4) is 22.3 Å². The van der Waals surface area contributed by atoms with E-state index in [1.54, 1.807) is 12.1 Å². The van der Waals surface area contributed by atoms with Crippen LogP contribution in [-0.4, -0.2) is 38.1 Å². The van der Waals surface area contributed by atoms with Gasteiger partial charge in [0.25, 0.3) is 0 Å². The average molecular weight is 611 g/mol. The minimum Gasteiger partial charge on any atom is -0.550 e. The van der Waals surface area contributed by atoms with Gasteiger partial charge >= 0.3 is 29.6 Å². The smallest absolute Gasteiger partial charge is 0.550 e. The van der Waals surface area contributed by atoms with E-state index in [0.717, 1.165) is 44.8 Å². The fraction of sp³-hybridized carbons (Fsp3) is 0.343. The SMILES string of the molecule is CC(C)n1c(CC[C@@H](O)C[C@@H](O)CC(=O)[O-])c(-c2ccc(F)cc2)c(-c2ccccc2)c1CNCc1ccc(CO)cc1.[Na+]. The Kier molecular flexibility index (Phi) is 13.8. The number of hydrogen-bond donors (Lipinski definition) is 4. The Morgan fingerprint density at radius 3 is 2.02 bits per heavy atom. The number of aromatic nitrogens is 1. The summed E-state index contributed by atoms with van der Waals surface area (Å²) in [4.78, 5) is 10.9. The molecule has 4 rings (SSSR count). The van der Waals surface area contributed by atoms with Gasteiger partial charge in [0, 0.05) is 54.0 Å². The van der Waals surface area contributed by atoms with Crippen LogP contribution in [0.15, 0.2) is 78.9 Å². The number of carboxylic acid groups (broad SMARTS) is 1. The van der Waals surface area contributed by atoms with E-state index in [1.165, 1.54) is 12.1 Å². The third-order valence-corrected chi connectivity index (χ3v) is 7.61. The molecule has 0 aliphatic heterocycles. The number of hydrogen-bond acceptors (Lipinski definition) is 6. The number of rotatable bonds is 15. The normalized spacial score (nSPS) is 12.6. The Labute approximate surface area is 280 Å². The number of aliphatic hydroxyl groups excluding tert-OH is 3. The van der Waals surface area contributed by atoms with E-state index >= 15 is 0 Å². The van der Waals surface area contributed by atoms with E-state index in [-0.39, 0.29) is 54.4 Å². The second-order valence-corrected chi connectivity index (χ2v) is 11.2. The van der Waals surface area contributed by atoms with Crippen LogP contribution in [0.25, 0.3) is 22.3 Å². The Hall–Kier alpha value is -2.82. The zero-order chi connectivity index (χ0) is 30.9. The van der Waals surface area contributed by atoms with E-state index < -0.39 is 24.6 Å². The maximum atomic E-state index is 14.0. The molecule has 0 aliphatic rings. The number of nitrogens with zero attached hydrogens (tertiary/aromatic N) is 1. The number of aliphatic carboxylic acids is 1. The third-order valence-electron chi connectivity index (χ3n) is 7.61. The summed E-state index contributed by atoms with van der Waals surface area (Å²) in [5.74, 6) is -1.69. The van der Waals surface area contributed by atoms with Crippen molar-refractivity contribution in [3.63, 3.8) is 0 Å². The van der Waals surface area contributed by atoms with Crippen LogP contribution in [0.3, 0.4) is 0 Å². The molecular formula is C35H40FN2NaO5. The van der Waals surface area contributed by atoms with Crippen molar-refractivity contribution >= 4 is 5.97 Å². The predicted molar refractivity (Wildman–Crippen MR) is 163 cm³/mol. The molecule has 0 bridgehead atoms. The van der Waals surface area contributed by atoms with Crippen LogP contribution >= 0.6 is 0 Å². The van der Waals surface area contributed by atoms with Gasteiger partial charge in [-0.25, -0.2) is 4.39 Å². The summed E-state index contributed by atoms with van der Waals surface area (Å²) in [7, 11) is 0. The second kappa shape index (κ2) is 17.0. The number of halogens is 1. The van der Waals surface area contributed by atoms with Gasteiger partial charge in [-0.05, 0) is 67.5 Å². The number of carboxylic acids is 1. The van der Waals surface area contributed by atoms with E-state index in [0.29, 0.717) is 25.9 Å². The Bertz CT molecular complexity index is 1470. The van der Waals surface area contributed by atoms with Gasteiger partial charge in [-0.1, -0.05) is 66.7 Å². The van der Waals surface area contributed by atoms with Gasteiger partial charge in [-0.3, -0.25) is 0 Å². The summed E-state index contributed by atoms with van der Waals surface area (Å²) in [6, 6.07) is 24.3. The van der Waals surface area contributed by atoms with Gasteiger partial charge in [0.2, 0.25) is 0 Å². The monoisotopic (exact) mass is 610 g/mol. The van der Waals surface area contributed by atoms with Crippen molar-refractivity contribution in [2.24, 2.45) is 0 Å². The molecule has 4 N–H and O–H groups in total. The Morgan fingerprint density at radius 1 is 0.841 bits per heavy atom. The number of nitrogens with one attached hydrogen (secondary N) is 1. The number of carbonyl (C=O) groups excluding carboxylic acids is 1. The summed E-state index contributed by atoms with van der Waals surface area (Å²) in [6.45, 7) is 5.34. The molecule has 0 aliphatic carbocycles. The molecule has 0 unspecified atom stereocenters. The minimum absolute atomic E-state index is 0. The molecule has 3 aromatic carbocycles. The first-order valence-corrected chi connectivity index (χ1v) is 14.7. The topological polar surface area (TPSA) is 118 Å². The minimum atomic E-state index is -1.36. The number of carbonyl (C=O) groups is 1. The average Bonchev–Trinajstić information content (AvgIpc) is 3.31. The van der Waals surface area contributed by atoms with E-state index in [1.807, 2.05) is 42.5 Å². The third kappa shape index (κ3) is 9.34. The van der Waals surface area contributed by atoms with Gasteiger partial charge < -0.3 is 35.1 Å². The molecular weight excluding hydrogens is 570 g/mol. The number of aliphatic hydroxyl groups is 3. The molecule has 0 spiro atoms. The molecule has 2 atom stereocenters. The van der Waals surface area contributed by atoms with Gasteiger partial charge in [0.05, 0.1) is 18.8 Å². The summed E-state index contributed by atoms with van der Waals surface area (Å²) < 4.78 is 16.3. The molecule has 1 aromatic heterocycles. The molecule has 44 heavy (non-hydrogen) atoms. The van der Waals surface area contributed by atoms with Crippen LogP contribution in [0.4, 0.5) is 4.39 Å². The van der Waals surface area contributed by atoms with Gasteiger partial charge in [-0.15, -0.1) is 0 Å². The van der Waals surface area contributed by atoms with Crippen molar-refractivity contribution in [2.75, 3.05) is 0 Å². The van der Waals surface area contributed by atoms with Crippen LogP contribution in [0, 0.1) is 5.82 Å². The fourth-order valence-corrected chi connectivity index (χ4v) is 5.68. The fourth-order valence-electron chi connectivity index (χ4n) is 5.68. The van der Waals surface area contributed by atoms with Crippen LogP contribution in [0.2, 0.25) is 0 Å². The molecule has 9 heteroatoms. The molecule has 0 radical (unpaired) electrons. The maximum absolute atomic E-state index is 14.0. The molecule has 7 nitrogen and oxygen atoms in total. The first kappa shape index (κ1) is 35.7. The van der Waals surface area contributed by atoms with Crippen LogP contribution in [0.1, 0.15) is 61.7 Å². The standard InChI is InChI=1S/C35H41FN2O5.Na/c1-23(2)38-31(17-16-29(40)18-30(41)19-33(42)43)34(27-12-14-28(36)15-13-27)35(26-6-4-3-5-7-26)32(38)21-37-20-24-8-10-25(22-39)11-9-24;/h3-15,23,29-30,37,39-41H,16-22H2,1-2H3,(H,42,43);/q;+1/p-1/t29-,30-;/m1./s1. The van der Waals surface area contributed by atoms with Gasteiger partial charge in [-0.2, -0.15) is 0 Å². The summed E-state index contributed by atoms with van der Waals surface area (Å²) >= 11 is 0. The van der Waals surface area contributed by atoms with Crippen LogP contribution in [-0.2, 0) is 30.9 Å². The Balaban J connectivity index is 0.00000529. The first-order valence-electron chi connectivity index (χ1n) is 14.7. The van der Waals surface area contributed by atoms with Gasteiger partial charge in [0.1, 0.15) is 5.82 Å². The van der Waals surface area contributed by atoms with E-state index in [9.17, 15) is 29.6 Å². The molecule has 0 saturated carbocycles. The zero-order valence-electron chi connectivity index (χ0n) is 25.7. The maximum Gasteiger partial charge on any atom is 1.00 e. The zero-order valence-corrected chi connectivity index (χ0v) is 27.7. The Morgan fingerprint density at radius 2 is 1.43 bits per heavy atom. The summed E-state index contributed by atoms with van der Waals surface area (Å²) in [6.07, 6.45) is -1.97. The van der Waals surface area contributed by atoms with E-state index in [2.05, 4.69) is 35.9 Å². The van der Waals surface area contributed by atoms with Crippen molar-refractivity contribution in [1.82, 2.24) is 9.88 Å².